The third-order valence-electron chi connectivity index (χ3n) is 6.00. The number of hydrogen-bond donors (Lipinski definition) is 0. The Morgan fingerprint density at radius 1 is 1.19 bits per heavy atom. The quantitative estimate of drug-likeness (QED) is 0.447. The lowest BCUT2D eigenvalue weighted by Gasteiger charge is -2.28. The summed E-state index contributed by atoms with van der Waals surface area (Å²) >= 11 is 1.39. The molecular weight excluding hydrogens is 420 g/mol. The Morgan fingerprint density at radius 2 is 2.00 bits per heavy atom. The van der Waals surface area contributed by atoms with Crippen molar-refractivity contribution in [3.05, 3.63) is 52.0 Å². The molecule has 0 aliphatic carbocycles. The largest absolute Gasteiger partial charge is 0.385 e. The van der Waals surface area contributed by atoms with Gasteiger partial charge in [-0.25, -0.2) is 4.98 Å². The van der Waals surface area contributed by atoms with Gasteiger partial charge in [0.25, 0.3) is 5.91 Å². The van der Waals surface area contributed by atoms with E-state index in [1.807, 2.05) is 4.90 Å². The van der Waals surface area contributed by atoms with E-state index in [1.165, 1.54) is 42.6 Å². The molecule has 1 aliphatic heterocycles. The molecule has 0 radical (unpaired) electrons. The van der Waals surface area contributed by atoms with Crippen LogP contribution in [-0.4, -0.2) is 54.1 Å². The summed E-state index contributed by atoms with van der Waals surface area (Å²) in [6.07, 6.45) is 7.36. The normalized spacial score (nSPS) is 14.5. The summed E-state index contributed by atoms with van der Waals surface area (Å²) in [6.45, 7) is 5.93. The van der Waals surface area contributed by atoms with Gasteiger partial charge in [0.05, 0.1) is 17.2 Å². The van der Waals surface area contributed by atoms with E-state index in [1.54, 1.807) is 18.8 Å². The SMILES string of the molecule is COCCCN(Cc1cc2ccc(C)cc2nc1N1CCCCCC1)C(=O)c1cncs1. The molecular formula is C25H32N4O2S. The van der Waals surface area contributed by atoms with Crippen LogP contribution in [0.3, 0.4) is 0 Å². The Bertz CT molecular complexity index is 1030. The van der Waals surface area contributed by atoms with Gasteiger partial charge in [-0.3, -0.25) is 9.78 Å². The number of amides is 1. The van der Waals surface area contributed by atoms with Gasteiger partial charge >= 0.3 is 0 Å². The molecule has 0 N–H and O–H groups in total. The van der Waals surface area contributed by atoms with Crippen LogP contribution in [0.5, 0.6) is 0 Å². The van der Waals surface area contributed by atoms with Crippen molar-refractivity contribution in [3.63, 3.8) is 0 Å². The zero-order valence-electron chi connectivity index (χ0n) is 19.0. The molecule has 0 atom stereocenters. The number of thiazole rings is 1. The third kappa shape index (κ3) is 5.45. The van der Waals surface area contributed by atoms with Gasteiger partial charge in [0.1, 0.15) is 10.7 Å². The lowest BCUT2D eigenvalue weighted by Crippen LogP contribution is -2.33. The molecule has 0 saturated carbocycles. The van der Waals surface area contributed by atoms with E-state index in [2.05, 4.69) is 41.1 Å². The highest BCUT2D eigenvalue weighted by atomic mass is 32.1. The minimum Gasteiger partial charge on any atom is -0.385 e. The van der Waals surface area contributed by atoms with Crippen molar-refractivity contribution in [2.45, 2.75) is 45.6 Å². The van der Waals surface area contributed by atoms with Crippen LogP contribution < -0.4 is 4.90 Å². The van der Waals surface area contributed by atoms with E-state index < -0.39 is 0 Å². The summed E-state index contributed by atoms with van der Waals surface area (Å²) in [5.74, 6) is 1.05. The van der Waals surface area contributed by atoms with Crippen LogP contribution in [0.25, 0.3) is 10.9 Å². The number of rotatable bonds is 8. The fourth-order valence-electron chi connectivity index (χ4n) is 4.32. The van der Waals surface area contributed by atoms with Crippen molar-refractivity contribution in [1.29, 1.82) is 0 Å². The maximum Gasteiger partial charge on any atom is 0.265 e. The van der Waals surface area contributed by atoms with Gasteiger partial charge in [0, 0.05) is 50.8 Å². The van der Waals surface area contributed by atoms with E-state index in [9.17, 15) is 4.79 Å². The average molecular weight is 453 g/mol. The zero-order valence-corrected chi connectivity index (χ0v) is 19.9. The smallest absolute Gasteiger partial charge is 0.265 e. The molecule has 2 aromatic heterocycles. The van der Waals surface area contributed by atoms with Gasteiger partial charge in [0.2, 0.25) is 0 Å². The second-order valence-electron chi connectivity index (χ2n) is 8.51. The van der Waals surface area contributed by atoms with Gasteiger partial charge in [-0.1, -0.05) is 25.0 Å². The topological polar surface area (TPSA) is 58.6 Å². The standard InChI is InChI=1S/C25H32N4O2S/c1-19-8-9-20-15-21(24(27-22(20)14-19)28-10-5-3-4-6-11-28)17-29(12-7-13-31-2)25(30)23-16-26-18-32-23/h8-9,14-16,18H,3-7,10-13,17H2,1-2H3. The lowest BCUT2D eigenvalue weighted by atomic mass is 10.1. The predicted octanol–water partition coefficient (Wildman–Crippen LogP) is 5.06. The number of methoxy groups -OCH3 is 1. The fraction of sp³-hybridized carbons (Fsp3) is 0.480. The van der Waals surface area contributed by atoms with Gasteiger partial charge in [0.15, 0.2) is 0 Å². The molecule has 0 unspecified atom stereocenters. The van der Waals surface area contributed by atoms with Crippen molar-refractivity contribution in [1.82, 2.24) is 14.9 Å². The first-order valence-corrected chi connectivity index (χ1v) is 12.4. The van der Waals surface area contributed by atoms with Crippen LogP contribution in [0, 0.1) is 6.92 Å². The summed E-state index contributed by atoms with van der Waals surface area (Å²) in [5.41, 5.74) is 5.05. The summed E-state index contributed by atoms with van der Waals surface area (Å²) in [5, 5.41) is 1.12. The Kier molecular flexibility index (Phi) is 7.71. The first kappa shape index (κ1) is 22.7. The number of anilines is 1. The molecule has 1 aromatic carbocycles. The third-order valence-corrected chi connectivity index (χ3v) is 6.76. The van der Waals surface area contributed by atoms with E-state index in [4.69, 9.17) is 9.72 Å². The maximum absolute atomic E-state index is 13.3. The Morgan fingerprint density at radius 3 is 2.72 bits per heavy atom. The summed E-state index contributed by atoms with van der Waals surface area (Å²) < 4.78 is 5.25. The molecule has 0 spiro atoms. The highest BCUT2D eigenvalue weighted by Crippen LogP contribution is 2.28. The number of nitrogens with zero attached hydrogens (tertiary/aromatic N) is 4. The number of benzene rings is 1. The predicted molar refractivity (Wildman–Crippen MR) is 131 cm³/mol. The number of ether oxygens (including phenoxy) is 1. The molecule has 7 heteroatoms. The minimum absolute atomic E-state index is 0.0226. The minimum atomic E-state index is 0.0226. The highest BCUT2D eigenvalue weighted by molar-refractivity contribution is 7.11. The number of fused-ring (bicyclic) bond motifs is 1. The number of aryl methyl sites for hydroxylation is 1. The molecule has 1 fully saturated rings. The van der Waals surface area contributed by atoms with Crippen molar-refractivity contribution in [2.75, 3.05) is 38.3 Å². The van der Waals surface area contributed by atoms with Crippen LogP contribution in [-0.2, 0) is 11.3 Å². The monoisotopic (exact) mass is 452 g/mol. The van der Waals surface area contributed by atoms with Gasteiger partial charge in [-0.15, -0.1) is 11.3 Å². The molecule has 3 aromatic rings. The number of aromatic nitrogens is 2. The molecule has 4 rings (SSSR count). The maximum atomic E-state index is 13.3. The second kappa shape index (κ2) is 10.9. The molecule has 6 nitrogen and oxygen atoms in total. The molecule has 1 saturated heterocycles. The summed E-state index contributed by atoms with van der Waals surface area (Å²) in [6, 6.07) is 8.64. The molecule has 32 heavy (non-hydrogen) atoms. The van der Waals surface area contributed by atoms with E-state index in [0.717, 1.165) is 41.8 Å². The van der Waals surface area contributed by atoms with Crippen LogP contribution in [0.2, 0.25) is 0 Å². The van der Waals surface area contributed by atoms with Crippen LogP contribution in [0.15, 0.2) is 36.0 Å². The number of carbonyl (C=O) groups excluding carboxylic acids is 1. The summed E-state index contributed by atoms with van der Waals surface area (Å²) in [4.78, 5) is 27.5. The Balaban J connectivity index is 1.70. The van der Waals surface area contributed by atoms with Crippen molar-refractivity contribution in [2.24, 2.45) is 0 Å². The van der Waals surface area contributed by atoms with E-state index in [-0.39, 0.29) is 5.91 Å². The molecule has 170 valence electrons. The van der Waals surface area contributed by atoms with Gasteiger partial charge in [-0.05, 0) is 43.9 Å². The van der Waals surface area contributed by atoms with Crippen LogP contribution in [0.1, 0.15) is 52.9 Å². The van der Waals surface area contributed by atoms with Gasteiger partial charge < -0.3 is 14.5 Å². The van der Waals surface area contributed by atoms with E-state index >= 15 is 0 Å². The molecule has 0 bridgehead atoms. The molecule has 3 heterocycles. The zero-order chi connectivity index (χ0) is 22.3. The lowest BCUT2D eigenvalue weighted by molar-refractivity contribution is 0.0728. The Labute approximate surface area is 194 Å². The summed E-state index contributed by atoms with van der Waals surface area (Å²) in [7, 11) is 1.70. The molecule has 1 aliphatic rings. The first-order chi connectivity index (χ1) is 15.7. The van der Waals surface area contributed by atoms with Gasteiger partial charge in [-0.2, -0.15) is 0 Å². The number of carbonyl (C=O) groups is 1. The van der Waals surface area contributed by atoms with E-state index in [0.29, 0.717) is 24.6 Å². The fourth-order valence-corrected chi connectivity index (χ4v) is 4.91. The number of hydrogen-bond acceptors (Lipinski definition) is 6. The van der Waals surface area contributed by atoms with Crippen molar-refractivity contribution in [3.8, 4) is 0 Å². The average Bonchev–Trinajstić information content (AvgIpc) is 3.20. The first-order valence-electron chi connectivity index (χ1n) is 11.5. The number of pyridine rings is 1. The van der Waals surface area contributed by atoms with Crippen molar-refractivity contribution < 1.29 is 9.53 Å². The van der Waals surface area contributed by atoms with Crippen molar-refractivity contribution >= 4 is 34.0 Å². The van der Waals surface area contributed by atoms with Crippen LogP contribution in [0.4, 0.5) is 5.82 Å². The molecule has 1 amide bonds. The second-order valence-corrected chi connectivity index (χ2v) is 9.39. The van der Waals surface area contributed by atoms with Crippen LogP contribution >= 0.6 is 11.3 Å². The highest BCUT2D eigenvalue weighted by Gasteiger charge is 2.22. The Hall–Kier alpha value is -2.51.